The van der Waals surface area contributed by atoms with E-state index in [1.165, 1.54) is 56.3 Å². The van der Waals surface area contributed by atoms with Crippen LogP contribution in [0.25, 0.3) is 0 Å². The molecule has 1 unspecified atom stereocenters. The van der Waals surface area contributed by atoms with Gasteiger partial charge in [-0.05, 0) is 62.8 Å². The second-order valence-electron chi connectivity index (χ2n) is 6.68. The summed E-state index contributed by atoms with van der Waals surface area (Å²) in [6, 6.07) is 8.25. The molecule has 1 saturated carbocycles. The summed E-state index contributed by atoms with van der Waals surface area (Å²) in [7, 11) is 0. The molecule has 1 atom stereocenters. The molecule has 0 bridgehead atoms. The van der Waals surface area contributed by atoms with Crippen LogP contribution in [-0.4, -0.2) is 30.1 Å². The van der Waals surface area contributed by atoms with Crippen LogP contribution in [-0.2, 0) is 6.54 Å². The zero-order chi connectivity index (χ0) is 13.9. The molecule has 2 nitrogen and oxygen atoms in total. The van der Waals surface area contributed by atoms with Gasteiger partial charge in [0, 0.05) is 25.2 Å². The first-order chi connectivity index (χ1) is 9.74. The minimum Gasteiger partial charge on any atom is -0.313 e. The second-order valence-corrected chi connectivity index (χ2v) is 6.68. The number of aryl methyl sites for hydroxylation is 2. The van der Waals surface area contributed by atoms with Crippen molar-refractivity contribution in [3.8, 4) is 0 Å². The van der Waals surface area contributed by atoms with E-state index in [0.717, 1.165) is 12.6 Å². The fourth-order valence-electron chi connectivity index (χ4n) is 3.45. The van der Waals surface area contributed by atoms with Crippen molar-refractivity contribution < 1.29 is 0 Å². The van der Waals surface area contributed by atoms with E-state index in [-0.39, 0.29) is 0 Å². The van der Waals surface area contributed by atoms with E-state index in [4.69, 9.17) is 0 Å². The molecule has 1 aliphatic heterocycles. The monoisotopic (exact) mass is 272 g/mol. The smallest absolute Gasteiger partial charge is 0.0242 e. The standard InChI is InChI=1S/C18H28N2/c1-14-6-5-7-15(2)18(14)13-20(17-9-10-17)12-16-8-3-4-11-19-16/h5-7,16-17,19H,3-4,8-13H2,1-2H3. The van der Waals surface area contributed by atoms with Crippen LogP contribution in [0, 0.1) is 13.8 Å². The molecule has 110 valence electrons. The lowest BCUT2D eigenvalue weighted by Gasteiger charge is -2.31. The van der Waals surface area contributed by atoms with Crippen molar-refractivity contribution in [3.05, 3.63) is 34.9 Å². The van der Waals surface area contributed by atoms with E-state index >= 15 is 0 Å². The van der Waals surface area contributed by atoms with Gasteiger partial charge in [-0.1, -0.05) is 24.6 Å². The van der Waals surface area contributed by atoms with Gasteiger partial charge in [0.1, 0.15) is 0 Å². The van der Waals surface area contributed by atoms with Crippen LogP contribution in [0.5, 0.6) is 0 Å². The summed E-state index contributed by atoms with van der Waals surface area (Å²) < 4.78 is 0. The van der Waals surface area contributed by atoms with E-state index in [1.54, 1.807) is 5.56 Å². The molecule has 1 saturated heterocycles. The molecule has 2 heteroatoms. The Bertz CT molecular complexity index is 424. The summed E-state index contributed by atoms with van der Waals surface area (Å²) in [5, 5.41) is 3.71. The van der Waals surface area contributed by atoms with Gasteiger partial charge in [-0.2, -0.15) is 0 Å². The summed E-state index contributed by atoms with van der Waals surface area (Å²) in [6.45, 7) is 8.10. The molecule has 1 aliphatic carbocycles. The lowest BCUT2D eigenvalue weighted by molar-refractivity contribution is 0.207. The molecule has 0 amide bonds. The van der Waals surface area contributed by atoms with Crippen molar-refractivity contribution in [3.63, 3.8) is 0 Å². The summed E-state index contributed by atoms with van der Waals surface area (Å²) in [6.07, 6.45) is 6.92. The van der Waals surface area contributed by atoms with E-state index < -0.39 is 0 Å². The van der Waals surface area contributed by atoms with Crippen molar-refractivity contribution in [1.82, 2.24) is 10.2 Å². The van der Waals surface area contributed by atoms with Gasteiger partial charge in [0.25, 0.3) is 0 Å². The van der Waals surface area contributed by atoms with Crippen LogP contribution < -0.4 is 5.32 Å². The van der Waals surface area contributed by atoms with Gasteiger partial charge in [-0.25, -0.2) is 0 Å². The van der Waals surface area contributed by atoms with Crippen LogP contribution in [0.4, 0.5) is 0 Å². The number of nitrogens with zero attached hydrogens (tertiary/aromatic N) is 1. The summed E-state index contributed by atoms with van der Waals surface area (Å²) >= 11 is 0. The third-order valence-corrected chi connectivity index (χ3v) is 4.94. The molecule has 3 rings (SSSR count). The molecule has 0 spiro atoms. The first kappa shape index (κ1) is 14.1. The highest BCUT2D eigenvalue weighted by atomic mass is 15.2. The van der Waals surface area contributed by atoms with Gasteiger partial charge in [-0.3, -0.25) is 4.90 Å². The molecule has 1 aromatic carbocycles. The highest BCUT2D eigenvalue weighted by molar-refractivity contribution is 5.33. The first-order valence-electron chi connectivity index (χ1n) is 8.26. The molecule has 2 aliphatic rings. The summed E-state index contributed by atoms with van der Waals surface area (Å²) in [5.74, 6) is 0. The van der Waals surface area contributed by atoms with Crippen molar-refractivity contribution in [2.75, 3.05) is 13.1 Å². The molecule has 2 fully saturated rings. The zero-order valence-electron chi connectivity index (χ0n) is 13.0. The lowest BCUT2D eigenvalue weighted by Crippen LogP contribution is -2.44. The average Bonchev–Trinajstić information content (AvgIpc) is 3.27. The Morgan fingerprint density at radius 1 is 1.10 bits per heavy atom. The Balaban J connectivity index is 1.68. The van der Waals surface area contributed by atoms with Crippen molar-refractivity contribution in [2.45, 2.75) is 64.6 Å². The van der Waals surface area contributed by atoms with E-state index in [0.29, 0.717) is 6.04 Å². The van der Waals surface area contributed by atoms with E-state index in [9.17, 15) is 0 Å². The third-order valence-electron chi connectivity index (χ3n) is 4.94. The van der Waals surface area contributed by atoms with Crippen molar-refractivity contribution >= 4 is 0 Å². The number of hydrogen-bond donors (Lipinski definition) is 1. The minimum absolute atomic E-state index is 0.716. The van der Waals surface area contributed by atoms with Crippen molar-refractivity contribution in [2.24, 2.45) is 0 Å². The lowest BCUT2D eigenvalue weighted by atomic mass is 10.0. The van der Waals surface area contributed by atoms with Gasteiger partial charge in [-0.15, -0.1) is 0 Å². The Hall–Kier alpha value is -0.860. The van der Waals surface area contributed by atoms with Crippen LogP contribution in [0.3, 0.4) is 0 Å². The number of rotatable bonds is 5. The molecule has 1 heterocycles. The van der Waals surface area contributed by atoms with Crippen LogP contribution >= 0.6 is 0 Å². The Labute approximate surface area is 123 Å². The average molecular weight is 272 g/mol. The van der Waals surface area contributed by atoms with E-state index in [1.807, 2.05) is 0 Å². The normalized spacial score (nSPS) is 23.2. The predicted molar refractivity (Wildman–Crippen MR) is 85.0 cm³/mol. The molecule has 20 heavy (non-hydrogen) atoms. The molecule has 1 N–H and O–H groups in total. The van der Waals surface area contributed by atoms with Gasteiger partial charge in [0.05, 0.1) is 0 Å². The maximum atomic E-state index is 3.71. The molecular weight excluding hydrogens is 244 g/mol. The first-order valence-corrected chi connectivity index (χ1v) is 8.26. The topological polar surface area (TPSA) is 15.3 Å². The number of nitrogens with one attached hydrogen (secondary N) is 1. The Kier molecular flexibility index (Phi) is 4.42. The SMILES string of the molecule is Cc1cccc(C)c1CN(CC1CCCCN1)C1CC1. The van der Waals surface area contributed by atoms with Crippen LogP contribution in [0.1, 0.15) is 48.8 Å². The number of piperidine rings is 1. The highest BCUT2D eigenvalue weighted by Crippen LogP contribution is 2.30. The largest absolute Gasteiger partial charge is 0.313 e. The molecular formula is C18H28N2. The Morgan fingerprint density at radius 3 is 2.45 bits per heavy atom. The maximum absolute atomic E-state index is 3.71. The molecule has 0 aromatic heterocycles. The van der Waals surface area contributed by atoms with Gasteiger partial charge < -0.3 is 5.32 Å². The minimum atomic E-state index is 0.716. The van der Waals surface area contributed by atoms with Crippen LogP contribution in [0.2, 0.25) is 0 Å². The van der Waals surface area contributed by atoms with Gasteiger partial charge in [0.2, 0.25) is 0 Å². The quantitative estimate of drug-likeness (QED) is 0.883. The zero-order valence-corrected chi connectivity index (χ0v) is 13.0. The summed E-state index contributed by atoms with van der Waals surface area (Å²) in [5.41, 5.74) is 4.45. The molecule has 1 aromatic rings. The fourth-order valence-corrected chi connectivity index (χ4v) is 3.45. The molecule has 0 radical (unpaired) electrons. The highest BCUT2D eigenvalue weighted by Gasteiger charge is 2.31. The third kappa shape index (κ3) is 3.42. The van der Waals surface area contributed by atoms with Gasteiger partial charge in [0.15, 0.2) is 0 Å². The second kappa shape index (κ2) is 6.28. The Morgan fingerprint density at radius 2 is 1.85 bits per heavy atom. The predicted octanol–water partition coefficient (Wildman–Crippen LogP) is 3.41. The number of benzene rings is 1. The number of hydrogen-bond acceptors (Lipinski definition) is 2. The van der Waals surface area contributed by atoms with Gasteiger partial charge >= 0.3 is 0 Å². The van der Waals surface area contributed by atoms with Crippen molar-refractivity contribution in [1.29, 1.82) is 0 Å². The summed E-state index contributed by atoms with van der Waals surface area (Å²) in [4.78, 5) is 2.73. The maximum Gasteiger partial charge on any atom is 0.0242 e. The van der Waals surface area contributed by atoms with E-state index in [2.05, 4.69) is 42.3 Å². The fraction of sp³-hybridized carbons (Fsp3) is 0.667. The van der Waals surface area contributed by atoms with Crippen LogP contribution in [0.15, 0.2) is 18.2 Å².